The molecule has 0 radical (unpaired) electrons. The highest BCUT2D eigenvalue weighted by molar-refractivity contribution is 5.71. The van der Waals surface area contributed by atoms with Gasteiger partial charge in [-0.1, -0.05) is 18.2 Å². The largest absolute Gasteiger partial charge is 0.497 e. The summed E-state index contributed by atoms with van der Waals surface area (Å²) in [5.74, 6) is 0.669. The molecule has 8 heteroatoms. The van der Waals surface area contributed by atoms with Crippen LogP contribution in [0.4, 0.5) is 5.69 Å². The molecule has 0 spiro atoms. The molecule has 0 aliphatic heterocycles. The van der Waals surface area contributed by atoms with E-state index in [1.807, 2.05) is 4.98 Å². The molecule has 21 heavy (non-hydrogen) atoms. The van der Waals surface area contributed by atoms with Gasteiger partial charge in [0, 0.05) is 0 Å². The van der Waals surface area contributed by atoms with E-state index in [1.165, 1.54) is 19.3 Å². The zero-order chi connectivity index (χ0) is 15.4. The van der Waals surface area contributed by atoms with Crippen LogP contribution in [0.2, 0.25) is 0 Å². The number of rotatable bonds is 4. The molecule has 108 valence electrons. The molecule has 2 aromatic rings. The first kappa shape index (κ1) is 14.3. The molecule has 0 saturated heterocycles. The molecule has 2 N–H and O–H groups in total. The second-order valence-corrected chi connectivity index (χ2v) is 4.03. The monoisotopic (exact) mass is 289 g/mol. The summed E-state index contributed by atoms with van der Waals surface area (Å²) in [4.78, 5) is 36.7. The lowest BCUT2D eigenvalue weighted by atomic mass is 10.2. The number of aromatic nitrogens is 2. The number of nitrogens with one attached hydrogen (secondary N) is 2. The van der Waals surface area contributed by atoms with Crippen LogP contribution in [0.25, 0.3) is 12.2 Å². The summed E-state index contributed by atoms with van der Waals surface area (Å²) < 4.78 is 5.01. The van der Waals surface area contributed by atoms with Gasteiger partial charge in [0.25, 0.3) is 0 Å². The number of methoxy groups -OCH3 is 1. The summed E-state index contributed by atoms with van der Waals surface area (Å²) in [5.41, 5.74) is -1.99. The molecule has 0 unspecified atom stereocenters. The Labute approximate surface area is 117 Å². The van der Waals surface area contributed by atoms with Crippen molar-refractivity contribution in [2.75, 3.05) is 7.11 Å². The van der Waals surface area contributed by atoms with Gasteiger partial charge in [-0.3, -0.25) is 19.9 Å². The second kappa shape index (κ2) is 5.87. The lowest BCUT2D eigenvalue weighted by Crippen LogP contribution is -2.25. The van der Waals surface area contributed by atoms with E-state index in [-0.39, 0.29) is 5.69 Å². The van der Waals surface area contributed by atoms with Crippen molar-refractivity contribution in [3.05, 3.63) is 66.5 Å². The molecule has 1 heterocycles. The number of H-pyrrole nitrogens is 2. The first-order chi connectivity index (χ1) is 10.0. The van der Waals surface area contributed by atoms with E-state index >= 15 is 0 Å². The average molecular weight is 289 g/mol. The van der Waals surface area contributed by atoms with Crippen LogP contribution in [-0.2, 0) is 0 Å². The Morgan fingerprint density at radius 1 is 1.14 bits per heavy atom. The molecule has 0 atom stereocenters. The van der Waals surface area contributed by atoms with E-state index in [4.69, 9.17) is 4.74 Å². The summed E-state index contributed by atoms with van der Waals surface area (Å²) in [6.45, 7) is 0. The molecule has 0 saturated carbocycles. The Morgan fingerprint density at radius 2 is 1.81 bits per heavy atom. The van der Waals surface area contributed by atoms with Crippen LogP contribution < -0.4 is 16.0 Å². The van der Waals surface area contributed by atoms with E-state index in [1.54, 1.807) is 24.3 Å². The third-order valence-electron chi connectivity index (χ3n) is 2.69. The van der Waals surface area contributed by atoms with Crippen LogP contribution in [0.5, 0.6) is 5.75 Å². The van der Waals surface area contributed by atoms with Gasteiger partial charge in [-0.05, 0) is 23.8 Å². The quantitative estimate of drug-likeness (QED) is 0.646. The number of aromatic amines is 2. The fraction of sp³-hybridized carbons (Fsp3) is 0.0769. The van der Waals surface area contributed by atoms with Gasteiger partial charge < -0.3 is 9.72 Å². The smallest absolute Gasteiger partial charge is 0.357 e. The van der Waals surface area contributed by atoms with Crippen LogP contribution in [0, 0.1) is 10.1 Å². The Balaban J connectivity index is 2.42. The lowest BCUT2D eigenvalue weighted by molar-refractivity contribution is -0.386. The van der Waals surface area contributed by atoms with Crippen molar-refractivity contribution in [3.8, 4) is 5.75 Å². The van der Waals surface area contributed by atoms with Crippen molar-refractivity contribution in [2.45, 2.75) is 0 Å². The summed E-state index contributed by atoms with van der Waals surface area (Å²) in [6.07, 6.45) is 2.84. The average Bonchev–Trinajstić information content (AvgIpc) is 2.44. The molecular formula is C13H11N3O5. The van der Waals surface area contributed by atoms with Gasteiger partial charge in [0.05, 0.1) is 12.0 Å². The molecule has 0 aliphatic carbocycles. The van der Waals surface area contributed by atoms with Crippen molar-refractivity contribution in [3.63, 3.8) is 0 Å². The van der Waals surface area contributed by atoms with Crippen LogP contribution in [0.3, 0.4) is 0 Å². The first-order valence-corrected chi connectivity index (χ1v) is 5.84. The van der Waals surface area contributed by atoms with Crippen LogP contribution in [0.1, 0.15) is 11.3 Å². The second-order valence-electron chi connectivity index (χ2n) is 4.03. The molecular weight excluding hydrogens is 278 g/mol. The Bertz CT molecular complexity index is 802. The Hall–Kier alpha value is -3.16. The molecule has 2 rings (SSSR count). The van der Waals surface area contributed by atoms with Gasteiger partial charge in [0.15, 0.2) is 0 Å². The van der Waals surface area contributed by atoms with Gasteiger partial charge >= 0.3 is 16.9 Å². The molecule has 8 nitrogen and oxygen atoms in total. The van der Waals surface area contributed by atoms with Crippen LogP contribution in [0.15, 0.2) is 33.9 Å². The molecule has 0 bridgehead atoms. The highest BCUT2D eigenvalue weighted by Gasteiger charge is 2.18. The molecule has 1 aromatic heterocycles. The van der Waals surface area contributed by atoms with E-state index in [0.717, 1.165) is 5.56 Å². The minimum absolute atomic E-state index is 0.162. The lowest BCUT2D eigenvalue weighted by Gasteiger charge is -1.99. The third-order valence-corrected chi connectivity index (χ3v) is 2.69. The molecule has 0 aliphatic rings. The number of nitro groups is 1. The van der Waals surface area contributed by atoms with Gasteiger partial charge in [-0.15, -0.1) is 0 Å². The topological polar surface area (TPSA) is 118 Å². The SMILES string of the molecule is COc1ccc(/C=C/c2[nH]c(=O)[nH]c(=O)c2[N+](=O)[O-])cc1. The summed E-state index contributed by atoms with van der Waals surface area (Å²) in [5, 5.41) is 10.9. The normalized spacial score (nSPS) is 10.7. The fourth-order valence-electron chi connectivity index (χ4n) is 1.69. The molecule has 1 aromatic carbocycles. The van der Waals surface area contributed by atoms with Gasteiger partial charge in [0.2, 0.25) is 0 Å². The predicted octanol–water partition coefficient (Wildman–Crippen LogP) is 1.15. The zero-order valence-corrected chi connectivity index (χ0v) is 11.0. The van der Waals surface area contributed by atoms with Crippen molar-refractivity contribution in [2.24, 2.45) is 0 Å². The van der Waals surface area contributed by atoms with E-state index in [2.05, 4.69) is 4.98 Å². The fourth-order valence-corrected chi connectivity index (χ4v) is 1.69. The Kier molecular flexibility index (Phi) is 3.98. The predicted molar refractivity (Wildman–Crippen MR) is 76.3 cm³/mol. The maximum absolute atomic E-state index is 11.4. The van der Waals surface area contributed by atoms with Gasteiger partial charge in [-0.2, -0.15) is 0 Å². The number of hydrogen-bond acceptors (Lipinski definition) is 5. The third kappa shape index (κ3) is 3.24. The first-order valence-electron chi connectivity index (χ1n) is 5.84. The van der Waals surface area contributed by atoms with E-state index in [9.17, 15) is 19.7 Å². The summed E-state index contributed by atoms with van der Waals surface area (Å²) >= 11 is 0. The molecule has 0 fully saturated rings. The number of nitrogens with zero attached hydrogens (tertiary/aromatic N) is 1. The van der Waals surface area contributed by atoms with Crippen molar-refractivity contribution < 1.29 is 9.66 Å². The minimum Gasteiger partial charge on any atom is -0.497 e. The molecule has 0 amide bonds. The van der Waals surface area contributed by atoms with E-state index in [0.29, 0.717) is 5.75 Å². The minimum atomic E-state index is -1.04. The maximum atomic E-state index is 11.4. The number of ether oxygens (including phenoxy) is 1. The van der Waals surface area contributed by atoms with Crippen LogP contribution in [-0.4, -0.2) is 22.0 Å². The van der Waals surface area contributed by atoms with Crippen molar-refractivity contribution in [1.82, 2.24) is 9.97 Å². The maximum Gasteiger partial charge on any atom is 0.357 e. The number of benzene rings is 1. The van der Waals surface area contributed by atoms with Gasteiger partial charge in [-0.25, -0.2) is 4.79 Å². The summed E-state index contributed by atoms with van der Waals surface area (Å²) in [6, 6.07) is 6.89. The zero-order valence-electron chi connectivity index (χ0n) is 11.0. The highest BCUT2D eigenvalue weighted by Crippen LogP contribution is 2.15. The van der Waals surface area contributed by atoms with Crippen LogP contribution >= 0.6 is 0 Å². The standard InChI is InChI=1S/C13H11N3O5/c1-21-9-5-2-8(3-6-9)4-7-10-11(16(19)20)12(17)15-13(18)14-10/h2-7H,1H3,(H2,14,15,17,18)/b7-4+. The van der Waals surface area contributed by atoms with E-state index < -0.39 is 21.9 Å². The van der Waals surface area contributed by atoms with Crippen molar-refractivity contribution >= 4 is 17.8 Å². The van der Waals surface area contributed by atoms with Crippen molar-refractivity contribution in [1.29, 1.82) is 0 Å². The summed E-state index contributed by atoms with van der Waals surface area (Å²) in [7, 11) is 1.54. The number of hydrogen-bond donors (Lipinski definition) is 2. The van der Waals surface area contributed by atoms with Gasteiger partial charge in [0.1, 0.15) is 11.4 Å². The highest BCUT2D eigenvalue weighted by atomic mass is 16.6. The Morgan fingerprint density at radius 3 is 2.38 bits per heavy atom.